The van der Waals surface area contributed by atoms with E-state index in [2.05, 4.69) is 41.4 Å². The van der Waals surface area contributed by atoms with Crippen molar-refractivity contribution in [3.63, 3.8) is 0 Å². The van der Waals surface area contributed by atoms with Crippen molar-refractivity contribution in [2.45, 2.75) is 51.7 Å². The Morgan fingerprint density at radius 2 is 1.89 bits per heavy atom. The Bertz CT molecular complexity index is 390. The predicted molar refractivity (Wildman–Crippen MR) is 80.0 cm³/mol. The molecule has 0 radical (unpaired) electrons. The highest BCUT2D eigenvalue weighted by Crippen LogP contribution is 2.30. The molecule has 1 N–H and O–H groups in total. The van der Waals surface area contributed by atoms with Crippen LogP contribution in [0.2, 0.25) is 0 Å². The fourth-order valence-corrected chi connectivity index (χ4v) is 3.82. The summed E-state index contributed by atoms with van der Waals surface area (Å²) in [5.41, 5.74) is 3.08. The zero-order valence-electron chi connectivity index (χ0n) is 12.1. The molecule has 104 valence electrons. The molecule has 1 heterocycles. The van der Waals surface area contributed by atoms with E-state index < -0.39 is 0 Å². The second-order valence-electron chi connectivity index (χ2n) is 6.12. The van der Waals surface area contributed by atoms with Crippen LogP contribution in [0.3, 0.4) is 0 Å². The molecular weight excluding hydrogens is 232 g/mol. The van der Waals surface area contributed by atoms with E-state index in [9.17, 15) is 0 Å². The van der Waals surface area contributed by atoms with Gasteiger partial charge in [0.2, 0.25) is 0 Å². The van der Waals surface area contributed by atoms with E-state index in [0.717, 1.165) is 31.6 Å². The average molecular weight is 258 g/mol. The lowest BCUT2D eigenvalue weighted by Crippen LogP contribution is -2.33. The molecule has 1 aliphatic carbocycles. The topological polar surface area (TPSA) is 15.3 Å². The van der Waals surface area contributed by atoms with Gasteiger partial charge in [-0.25, -0.2) is 0 Å². The lowest BCUT2D eigenvalue weighted by Gasteiger charge is -2.23. The van der Waals surface area contributed by atoms with Gasteiger partial charge in [-0.15, -0.1) is 0 Å². The molecule has 1 fully saturated rings. The molecule has 1 aliphatic heterocycles. The van der Waals surface area contributed by atoms with Crippen LogP contribution in [0.4, 0.5) is 0 Å². The molecule has 2 nitrogen and oxygen atoms in total. The number of hydrogen-bond acceptors (Lipinski definition) is 2. The van der Waals surface area contributed by atoms with Gasteiger partial charge in [0, 0.05) is 19.1 Å². The maximum Gasteiger partial charge on any atom is 0.0240 e. The molecule has 3 rings (SSSR count). The minimum atomic E-state index is 0.787. The van der Waals surface area contributed by atoms with Gasteiger partial charge in [0.05, 0.1) is 0 Å². The van der Waals surface area contributed by atoms with E-state index in [1.807, 2.05) is 0 Å². The highest BCUT2D eigenvalue weighted by molar-refractivity contribution is 5.30. The molecule has 2 unspecified atom stereocenters. The van der Waals surface area contributed by atoms with Crippen molar-refractivity contribution in [1.29, 1.82) is 0 Å². The lowest BCUT2D eigenvalue weighted by molar-refractivity contribution is 0.246. The van der Waals surface area contributed by atoms with Gasteiger partial charge >= 0.3 is 0 Å². The number of benzene rings is 1. The van der Waals surface area contributed by atoms with Gasteiger partial charge < -0.3 is 5.32 Å². The summed E-state index contributed by atoms with van der Waals surface area (Å²) in [7, 11) is 0. The Morgan fingerprint density at radius 3 is 2.58 bits per heavy atom. The average Bonchev–Trinajstić information content (AvgIpc) is 3.02. The van der Waals surface area contributed by atoms with E-state index in [-0.39, 0.29) is 0 Å². The predicted octanol–water partition coefficient (Wildman–Crippen LogP) is 3.17. The molecule has 0 spiro atoms. The van der Waals surface area contributed by atoms with Crippen LogP contribution in [0.15, 0.2) is 24.3 Å². The van der Waals surface area contributed by atoms with Crippen molar-refractivity contribution in [3.05, 3.63) is 35.4 Å². The van der Waals surface area contributed by atoms with Crippen LogP contribution in [0.1, 0.15) is 43.7 Å². The van der Waals surface area contributed by atoms with E-state index in [4.69, 9.17) is 0 Å². The quantitative estimate of drug-likeness (QED) is 0.872. The Labute approximate surface area is 117 Å². The SMILES string of the molecule is CCNC1CCCC1CCN1Cc2ccccc2C1. The van der Waals surface area contributed by atoms with Crippen LogP contribution in [-0.4, -0.2) is 24.0 Å². The molecule has 1 aromatic carbocycles. The van der Waals surface area contributed by atoms with Crippen LogP contribution >= 0.6 is 0 Å². The number of nitrogens with zero attached hydrogens (tertiary/aromatic N) is 1. The molecular formula is C17H26N2. The Morgan fingerprint density at radius 1 is 1.16 bits per heavy atom. The third-order valence-corrected chi connectivity index (χ3v) is 4.85. The van der Waals surface area contributed by atoms with Crippen LogP contribution in [0, 0.1) is 5.92 Å². The van der Waals surface area contributed by atoms with Crippen LogP contribution in [0.5, 0.6) is 0 Å². The fourth-order valence-electron chi connectivity index (χ4n) is 3.82. The van der Waals surface area contributed by atoms with Gasteiger partial charge in [-0.05, 0) is 49.4 Å². The Balaban J connectivity index is 1.49. The summed E-state index contributed by atoms with van der Waals surface area (Å²) >= 11 is 0. The highest BCUT2D eigenvalue weighted by atomic mass is 15.1. The van der Waals surface area contributed by atoms with Gasteiger partial charge in [0.15, 0.2) is 0 Å². The summed E-state index contributed by atoms with van der Waals surface area (Å²) in [5, 5.41) is 3.67. The molecule has 2 aliphatic rings. The molecule has 2 atom stereocenters. The first-order chi connectivity index (χ1) is 9.36. The summed E-state index contributed by atoms with van der Waals surface area (Å²) in [6.07, 6.45) is 5.60. The maximum atomic E-state index is 3.67. The summed E-state index contributed by atoms with van der Waals surface area (Å²) in [5.74, 6) is 0.906. The standard InChI is InChI=1S/C17H26N2/c1-2-18-17-9-5-8-14(17)10-11-19-12-15-6-3-4-7-16(15)13-19/h3-4,6-7,14,17-18H,2,5,8-13H2,1H3. The molecule has 2 heteroatoms. The first-order valence-corrected chi connectivity index (χ1v) is 7.89. The molecule has 0 saturated heterocycles. The van der Waals surface area contributed by atoms with E-state index >= 15 is 0 Å². The van der Waals surface area contributed by atoms with Gasteiger partial charge in [-0.3, -0.25) is 4.90 Å². The number of fused-ring (bicyclic) bond motifs is 1. The molecule has 0 amide bonds. The second-order valence-corrected chi connectivity index (χ2v) is 6.12. The second kappa shape index (κ2) is 6.06. The van der Waals surface area contributed by atoms with Crippen LogP contribution in [0.25, 0.3) is 0 Å². The summed E-state index contributed by atoms with van der Waals surface area (Å²) in [4.78, 5) is 2.62. The van der Waals surface area contributed by atoms with Crippen LogP contribution in [-0.2, 0) is 13.1 Å². The van der Waals surface area contributed by atoms with Crippen molar-refractivity contribution in [2.24, 2.45) is 5.92 Å². The largest absolute Gasteiger partial charge is 0.314 e. The van der Waals surface area contributed by atoms with Crippen molar-refractivity contribution in [2.75, 3.05) is 13.1 Å². The van der Waals surface area contributed by atoms with Gasteiger partial charge in [0.1, 0.15) is 0 Å². The van der Waals surface area contributed by atoms with Crippen molar-refractivity contribution < 1.29 is 0 Å². The van der Waals surface area contributed by atoms with Crippen molar-refractivity contribution >= 4 is 0 Å². The fraction of sp³-hybridized carbons (Fsp3) is 0.647. The van der Waals surface area contributed by atoms with E-state index in [1.54, 1.807) is 0 Å². The number of rotatable bonds is 5. The lowest BCUT2D eigenvalue weighted by atomic mass is 9.99. The minimum Gasteiger partial charge on any atom is -0.314 e. The van der Waals surface area contributed by atoms with Gasteiger partial charge in [-0.1, -0.05) is 37.6 Å². The first-order valence-electron chi connectivity index (χ1n) is 7.89. The Hall–Kier alpha value is -0.860. The zero-order chi connectivity index (χ0) is 13.1. The Kier molecular flexibility index (Phi) is 4.19. The maximum absolute atomic E-state index is 3.67. The molecule has 1 saturated carbocycles. The molecule has 19 heavy (non-hydrogen) atoms. The zero-order valence-corrected chi connectivity index (χ0v) is 12.1. The van der Waals surface area contributed by atoms with Gasteiger partial charge in [0.25, 0.3) is 0 Å². The van der Waals surface area contributed by atoms with Crippen LogP contribution < -0.4 is 5.32 Å². The summed E-state index contributed by atoms with van der Waals surface area (Å²) < 4.78 is 0. The van der Waals surface area contributed by atoms with E-state index in [1.165, 1.54) is 43.4 Å². The summed E-state index contributed by atoms with van der Waals surface area (Å²) in [6.45, 7) is 6.94. The van der Waals surface area contributed by atoms with Crippen molar-refractivity contribution in [1.82, 2.24) is 10.2 Å². The van der Waals surface area contributed by atoms with E-state index in [0.29, 0.717) is 0 Å². The third-order valence-electron chi connectivity index (χ3n) is 4.85. The number of hydrogen-bond donors (Lipinski definition) is 1. The molecule has 0 bridgehead atoms. The highest BCUT2D eigenvalue weighted by Gasteiger charge is 2.27. The third kappa shape index (κ3) is 3.01. The normalized spacial score (nSPS) is 26.8. The number of nitrogens with one attached hydrogen (secondary N) is 1. The smallest absolute Gasteiger partial charge is 0.0240 e. The first kappa shape index (κ1) is 13.1. The van der Waals surface area contributed by atoms with Crippen molar-refractivity contribution in [3.8, 4) is 0 Å². The minimum absolute atomic E-state index is 0.787. The summed E-state index contributed by atoms with van der Waals surface area (Å²) in [6, 6.07) is 9.69. The van der Waals surface area contributed by atoms with Gasteiger partial charge in [-0.2, -0.15) is 0 Å². The molecule has 0 aromatic heterocycles. The monoisotopic (exact) mass is 258 g/mol. The molecule has 1 aromatic rings.